The number of hydrogen-bond donors (Lipinski definition) is 0. The lowest BCUT2D eigenvalue weighted by Crippen LogP contribution is -2.29. The zero-order valence-corrected chi connectivity index (χ0v) is 17.8. The van der Waals surface area contributed by atoms with Crippen molar-refractivity contribution in [1.82, 2.24) is 4.98 Å². The van der Waals surface area contributed by atoms with E-state index >= 15 is 0 Å². The zero-order chi connectivity index (χ0) is 22.0. The van der Waals surface area contributed by atoms with E-state index in [1.54, 1.807) is 54.6 Å². The lowest BCUT2D eigenvalue weighted by Gasteiger charge is -2.22. The van der Waals surface area contributed by atoms with Crippen LogP contribution in [0.5, 0.6) is 0 Å². The van der Waals surface area contributed by atoms with Crippen LogP contribution >= 0.6 is 22.9 Å². The Morgan fingerprint density at radius 2 is 1.88 bits per heavy atom. The highest BCUT2D eigenvalue weighted by atomic mass is 35.5. The minimum atomic E-state index is -0.870. The number of carbonyl (C=O) groups is 1. The van der Waals surface area contributed by atoms with E-state index in [0.29, 0.717) is 32.2 Å². The molecule has 6 rings (SSSR count). The van der Waals surface area contributed by atoms with Gasteiger partial charge in [0.25, 0.3) is 5.91 Å². The molecule has 2 aromatic heterocycles. The lowest BCUT2D eigenvalue weighted by molar-refractivity contribution is 0.0971. The molecule has 0 saturated carbocycles. The molecule has 1 atom stereocenters. The fourth-order valence-electron chi connectivity index (χ4n) is 4.10. The molecule has 0 radical (unpaired) electrons. The predicted molar refractivity (Wildman–Crippen MR) is 122 cm³/mol. The summed E-state index contributed by atoms with van der Waals surface area (Å²) in [6, 6.07) is 17.0. The molecule has 0 bridgehead atoms. The number of anilines is 1. The van der Waals surface area contributed by atoms with Crippen LogP contribution in [0.1, 0.15) is 27.7 Å². The van der Waals surface area contributed by atoms with Crippen LogP contribution in [-0.2, 0) is 0 Å². The average molecular weight is 463 g/mol. The summed E-state index contributed by atoms with van der Waals surface area (Å²) in [5.41, 5.74) is 1.30. The number of thiazole rings is 1. The number of hydrogen-bond acceptors (Lipinski definition) is 5. The molecule has 5 nitrogen and oxygen atoms in total. The minimum absolute atomic E-state index is 0.0553. The number of amides is 1. The molecule has 0 aliphatic carbocycles. The van der Waals surface area contributed by atoms with E-state index in [9.17, 15) is 14.0 Å². The summed E-state index contributed by atoms with van der Waals surface area (Å²) in [5.74, 6) is -1.02. The Hall–Kier alpha value is -3.55. The maximum absolute atomic E-state index is 14.2. The monoisotopic (exact) mass is 462 g/mol. The molecule has 0 unspecified atom stereocenters. The van der Waals surface area contributed by atoms with Crippen molar-refractivity contribution in [3.05, 3.63) is 105 Å². The maximum atomic E-state index is 14.2. The highest BCUT2D eigenvalue weighted by Gasteiger charge is 2.45. The number of rotatable bonds is 2. The molecular weight excluding hydrogens is 451 g/mol. The molecule has 5 aromatic rings. The van der Waals surface area contributed by atoms with Gasteiger partial charge in [-0.2, -0.15) is 0 Å². The summed E-state index contributed by atoms with van der Waals surface area (Å²) in [4.78, 5) is 33.0. The van der Waals surface area contributed by atoms with Gasteiger partial charge in [-0.15, -0.1) is 0 Å². The normalized spacial score (nSPS) is 15.6. The Bertz CT molecular complexity index is 1630. The molecule has 156 valence electrons. The molecular formula is C24H12ClFN2O3S. The molecule has 1 amide bonds. The van der Waals surface area contributed by atoms with Gasteiger partial charge in [-0.3, -0.25) is 14.5 Å². The van der Waals surface area contributed by atoms with Gasteiger partial charge in [0.15, 0.2) is 10.6 Å². The standard InChI is InChI=1S/C24H12ClFN2O3S/c25-13-8-9-16-18(11-13)32-24(27-16)28-20(12-4-3-5-14(26)10-12)19-21(29)15-6-1-2-7-17(15)31-22(19)23(28)30/h1-11,20H/t20-/m0/s1. The van der Waals surface area contributed by atoms with E-state index in [1.807, 2.05) is 0 Å². The van der Waals surface area contributed by atoms with Crippen molar-refractivity contribution in [2.24, 2.45) is 0 Å². The second kappa shape index (κ2) is 6.98. The Balaban J connectivity index is 1.65. The van der Waals surface area contributed by atoms with Crippen molar-refractivity contribution in [2.45, 2.75) is 6.04 Å². The van der Waals surface area contributed by atoms with Crippen LogP contribution in [0.25, 0.3) is 21.2 Å². The van der Waals surface area contributed by atoms with E-state index in [4.69, 9.17) is 16.0 Å². The third-order valence-corrected chi connectivity index (χ3v) is 6.74. The lowest BCUT2D eigenvalue weighted by atomic mass is 9.98. The van der Waals surface area contributed by atoms with Crippen LogP contribution in [0.4, 0.5) is 9.52 Å². The molecule has 0 fully saturated rings. The van der Waals surface area contributed by atoms with Gasteiger partial charge in [-0.25, -0.2) is 9.37 Å². The second-order valence-electron chi connectivity index (χ2n) is 7.41. The first kappa shape index (κ1) is 19.2. The van der Waals surface area contributed by atoms with Gasteiger partial charge in [0.1, 0.15) is 11.4 Å². The molecule has 0 spiro atoms. The number of nitrogens with zero attached hydrogens (tertiary/aromatic N) is 2. The van der Waals surface area contributed by atoms with Gasteiger partial charge in [0.2, 0.25) is 5.76 Å². The van der Waals surface area contributed by atoms with Gasteiger partial charge in [-0.05, 0) is 48.0 Å². The molecule has 0 N–H and O–H groups in total. The molecule has 8 heteroatoms. The first-order valence-electron chi connectivity index (χ1n) is 9.72. The van der Waals surface area contributed by atoms with Crippen molar-refractivity contribution in [1.29, 1.82) is 0 Å². The fraction of sp³-hybridized carbons (Fsp3) is 0.0417. The predicted octanol–water partition coefficient (Wildman–Crippen LogP) is 5.95. The Morgan fingerprint density at radius 3 is 2.72 bits per heavy atom. The summed E-state index contributed by atoms with van der Waals surface area (Å²) < 4.78 is 20.8. The number of benzene rings is 3. The Kier molecular flexibility index (Phi) is 4.18. The number of carbonyl (C=O) groups excluding carboxylic acids is 1. The van der Waals surface area contributed by atoms with Gasteiger partial charge in [0, 0.05) is 5.02 Å². The van der Waals surface area contributed by atoms with Crippen molar-refractivity contribution < 1.29 is 13.6 Å². The van der Waals surface area contributed by atoms with E-state index in [-0.39, 0.29) is 16.8 Å². The number of halogens is 2. The molecule has 0 saturated heterocycles. The highest BCUT2D eigenvalue weighted by Crippen LogP contribution is 2.43. The van der Waals surface area contributed by atoms with Crippen LogP contribution in [0.15, 0.2) is 75.9 Å². The summed E-state index contributed by atoms with van der Waals surface area (Å²) in [7, 11) is 0. The summed E-state index contributed by atoms with van der Waals surface area (Å²) in [6.45, 7) is 0. The first-order chi connectivity index (χ1) is 15.5. The molecule has 32 heavy (non-hydrogen) atoms. The number of aromatic nitrogens is 1. The highest BCUT2D eigenvalue weighted by molar-refractivity contribution is 7.22. The average Bonchev–Trinajstić information content (AvgIpc) is 3.32. The Morgan fingerprint density at radius 1 is 1.03 bits per heavy atom. The molecule has 3 heterocycles. The molecule has 1 aliphatic heterocycles. The van der Waals surface area contributed by atoms with Gasteiger partial charge in [0.05, 0.1) is 27.2 Å². The summed E-state index contributed by atoms with van der Waals surface area (Å²) in [5, 5.41) is 1.28. The van der Waals surface area contributed by atoms with Crippen LogP contribution in [-0.4, -0.2) is 10.9 Å². The topological polar surface area (TPSA) is 63.4 Å². The van der Waals surface area contributed by atoms with Crippen molar-refractivity contribution in [3.8, 4) is 0 Å². The van der Waals surface area contributed by atoms with Gasteiger partial charge in [-0.1, -0.05) is 47.2 Å². The smallest absolute Gasteiger partial charge is 0.297 e. The SMILES string of the molecule is O=C1c2oc3ccccc3c(=O)c2[C@H](c2cccc(F)c2)N1c1nc2ccc(Cl)cc2s1. The summed E-state index contributed by atoms with van der Waals surface area (Å²) >= 11 is 7.38. The van der Waals surface area contributed by atoms with Crippen LogP contribution < -0.4 is 10.3 Å². The second-order valence-corrected chi connectivity index (χ2v) is 8.86. The third-order valence-electron chi connectivity index (χ3n) is 5.49. The maximum Gasteiger partial charge on any atom is 0.297 e. The van der Waals surface area contributed by atoms with Gasteiger partial charge >= 0.3 is 0 Å². The largest absolute Gasteiger partial charge is 0.450 e. The Labute approximate surface area is 189 Å². The number of para-hydroxylation sites is 1. The van der Waals surface area contributed by atoms with E-state index in [1.165, 1.54) is 28.4 Å². The fourth-order valence-corrected chi connectivity index (χ4v) is 5.37. The van der Waals surface area contributed by atoms with Crippen LogP contribution in [0.2, 0.25) is 5.02 Å². The van der Waals surface area contributed by atoms with E-state index < -0.39 is 17.8 Å². The molecule has 3 aromatic carbocycles. The van der Waals surface area contributed by atoms with E-state index in [2.05, 4.69) is 4.98 Å². The third kappa shape index (κ3) is 2.78. The quantitative estimate of drug-likeness (QED) is 0.325. The van der Waals surface area contributed by atoms with Crippen molar-refractivity contribution >= 4 is 55.2 Å². The summed E-state index contributed by atoms with van der Waals surface area (Å²) in [6.07, 6.45) is 0. The van der Waals surface area contributed by atoms with Crippen molar-refractivity contribution in [2.75, 3.05) is 4.90 Å². The zero-order valence-electron chi connectivity index (χ0n) is 16.2. The van der Waals surface area contributed by atoms with Crippen molar-refractivity contribution in [3.63, 3.8) is 0 Å². The van der Waals surface area contributed by atoms with Crippen LogP contribution in [0.3, 0.4) is 0 Å². The van der Waals surface area contributed by atoms with E-state index in [0.717, 1.165) is 4.70 Å². The first-order valence-corrected chi connectivity index (χ1v) is 10.9. The minimum Gasteiger partial charge on any atom is -0.450 e. The molecule has 1 aliphatic rings. The van der Waals surface area contributed by atoms with Gasteiger partial charge < -0.3 is 4.42 Å². The van der Waals surface area contributed by atoms with Crippen LogP contribution in [0, 0.1) is 5.82 Å². The number of fused-ring (bicyclic) bond motifs is 3.